The minimum atomic E-state index is 1.08. The summed E-state index contributed by atoms with van der Waals surface area (Å²) in [4.78, 5) is 2.49. The summed E-state index contributed by atoms with van der Waals surface area (Å²) in [5, 5.41) is 3.34. The first kappa shape index (κ1) is 8.97. The van der Waals surface area contributed by atoms with Crippen molar-refractivity contribution in [3.63, 3.8) is 0 Å². The highest BCUT2D eigenvalue weighted by Gasteiger charge is 2.08. The third-order valence-corrected chi connectivity index (χ3v) is 2.80. The summed E-state index contributed by atoms with van der Waals surface area (Å²) in [6, 6.07) is 0. The molecule has 0 saturated heterocycles. The average Bonchev–Trinajstić information content (AvgIpc) is 2.69. The molecule has 0 spiro atoms. The fraction of sp³-hybridized carbons (Fsp3) is 0.636. The van der Waals surface area contributed by atoms with Gasteiger partial charge in [-0.1, -0.05) is 23.8 Å². The molecule has 0 saturated carbocycles. The molecular weight excluding hydrogens is 160 g/mol. The first-order valence-corrected chi connectivity index (χ1v) is 5.21. The van der Waals surface area contributed by atoms with Crippen LogP contribution in [0, 0.1) is 0 Å². The van der Waals surface area contributed by atoms with Gasteiger partial charge in [0.1, 0.15) is 0 Å². The van der Waals surface area contributed by atoms with Gasteiger partial charge in [-0.25, -0.2) is 0 Å². The Morgan fingerprint density at radius 3 is 2.85 bits per heavy atom. The molecule has 72 valence electrons. The van der Waals surface area contributed by atoms with Crippen LogP contribution in [0.1, 0.15) is 12.8 Å². The van der Waals surface area contributed by atoms with Crippen LogP contribution in [0.3, 0.4) is 0 Å². The molecule has 0 aliphatic carbocycles. The van der Waals surface area contributed by atoms with Crippen molar-refractivity contribution in [2.24, 2.45) is 0 Å². The molecule has 0 unspecified atom stereocenters. The quantitative estimate of drug-likeness (QED) is 0.653. The summed E-state index contributed by atoms with van der Waals surface area (Å²) in [5.41, 5.74) is 1.64. The van der Waals surface area contributed by atoms with Crippen LogP contribution in [-0.2, 0) is 0 Å². The molecule has 2 rings (SSSR count). The number of hydrogen-bond acceptors (Lipinski definition) is 2. The predicted molar refractivity (Wildman–Crippen MR) is 55.8 cm³/mol. The van der Waals surface area contributed by atoms with Gasteiger partial charge in [0, 0.05) is 26.2 Å². The molecule has 0 aromatic rings. The SMILES string of the molecule is C1=CCN(CCC2=CCNCC2)C1. The maximum Gasteiger partial charge on any atom is 0.0167 e. The fourth-order valence-electron chi connectivity index (χ4n) is 1.90. The van der Waals surface area contributed by atoms with Crippen molar-refractivity contribution in [3.8, 4) is 0 Å². The molecule has 0 amide bonds. The standard InChI is InChI=1S/C11H18N2/c1-2-9-13(8-1)10-5-11-3-6-12-7-4-11/h1-3,12H,4-10H2. The van der Waals surface area contributed by atoms with Crippen molar-refractivity contribution in [1.82, 2.24) is 10.2 Å². The maximum absolute atomic E-state index is 3.34. The third-order valence-electron chi connectivity index (χ3n) is 2.80. The van der Waals surface area contributed by atoms with E-state index in [0.717, 1.165) is 19.6 Å². The van der Waals surface area contributed by atoms with Gasteiger partial charge in [-0.3, -0.25) is 4.90 Å². The summed E-state index contributed by atoms with van der Waals surface area (Å²) in [5.74, 6) is 0. The van der Waals surface area contributed by atoms with Gasteiger partial charge >= 0.3 is 0 Å². The van der Waals surface area contributed by atoms with Crippen LogP contribution < -0.4 is 5.32 Å². The predicted octanol–water partition coefficient (Wildman–Crippen LogP) is 1.17. The van der Waals surface area contributed by atoms with Gasteiger partial charge in [0.2, 0.25) is 0 Å². The van der Waals surface area contributed by atoms with Gasteiger partial charge in [-0.2, -0.15) is 0 Å². The lowest BCUT2D eigenvalue weighted by atomic mass is 10.1. The number of hydrogen-bond donors (Lipinski definition) is 1. The summed E-state index contributed by atoms with van der Waals surface area (Å²) < 4.78 is 0. The summed E-state index contributed by atoms with van der Waals surface area (Å²) in [6.45, 7) is 5.80. The van der Waals surface area contributed by atoms with Crippen molar-refractivity contribution >= 4 is 0 Å². The minimum absolute atomic E-state index is 1.08. The Kier molecular flexibility index (Phi) is 3.16. The van der Waals surface area contributed by atoms with Gasteiger partial charge in [0.25, 0.3) is 0 Å². The lowest BCUT2D eigenvalue weighted by Gasteiger charge is -2.18. The van der Waals surface area contributed by atoms with Crippen LogP contribution in [0.4, 0.5) is 0 Å². The molecule has 0 aromatic carbocycles. The second kappa shape index (κ2) is 4.58. The zero-order valence-corrected chi connectivity index (χ0v) is 8.13. The molecule has 2 aliphatic heterocycles. The highest BCUT2D eigenvalue weighted by atomic mass is 15.1. The highest BCUT2D eigenvalue weighted by molar-refractivity contribution is 5.07. The largest absolute Gasteiger partial charge is 0.313 e. The van der Waals surface area contributed by atoms with E-state index >= 15 is 0 Å². The van der Waals surface area contributed by atoms with E-state index in [-0.39, 0.29) is 0 Å². The first-order valence-electron chi connectivity index (χ1n) is 5.21. The van der Waals surface area contributed by atoms with Gasteiger partial charge in [-0.05, 0) is 19.4 Å². The Bertz CT molecular complexity index is 210. The van der Waals surface area contributed by atoms with Gasteiger partial charge in [0.05, 0.1) is 0 Å². The lowest BCUT2D eigenvalue weighted by molar-refractivity contribution is 0.354. The number of rotatable bonds is 3. The van der Waals surface area contributed by atoms with E-state index in [1.807, 2.05) is 0 Å². The molecule has 2 nitrogen and oxygen atoms in total. The van der Waals surface area contributed by atoms with Crippen LogP contribution in [-0.4, -0.2) is 37.6 Å². The van der Waals surface area contributed by atoms with E-state index in [4.69, 9.17) is 0 Å². The zero-order chi connectivity index (χ0) is 8.93. The molecule has 1 N–H and O–H groups in total. The van der Waals surface area contributed by atoms with Crippen molar-refractivity contribution in [1.29, 1.82) is 0 Å². The molecule has 2 heterocycles. The Hall–Kier alpha value is -0.600. The Balaban J connectivity index is 1.69. The Morgan fingerprint density at radius 1 is 1.31 bits per heavy atom. The van der Waals surface area contributed by atoms with Crippen molar-refractivity contribution in [3.05, 3.63) is 23.8 Å². The molecule has 0 bridgehead atoms. The van der Waals surface area contributed by atoms with E-state index in [1.165, 1.54) is 25.9 Å². The molecule has 2 heteroatoms. The Morgan fingerprint density at radius 2 is 2.15 bits per heavy atom. The molecule has 0 atom stereocenters. The second-order valence-corrected chi connectivity index (χ2v) is 3.80. The third kappa shape index (κ3) is 2.68. The minimum Gasteiger partial charge on any atom is -0.313 e. The summed E-state index contributed by atoms with van der Waals surface area (Å²) in [6.07, 6.45) is 9.39. The normalized spacial score (nSPS) is 23.5. The summed E-state index contributed by atoms with van der Waals surface area (Å²) >= 11 is 0. The van der Waals surface area contributed by atoms with Gasteiger partial charge < -0.3 is 5.32 Å². The van der Waals surface area contributed by atoms with Gasteiger partial charge in [-0.15, -0.1) is 0 Å². The van der Waals surface area contributed by atoms with E-state index in [9.17, 15) is 0 Å². The fourth-order valence-corrected chi connectivity index (χ4v) is 1.90. The first-order chi connectivity index (χ1) is 6.45. The van der Waals surface area contributed by atoms with E-state index in [1.54, 1.807) is 5.57 Å². The van der Waals surface area contributed by atoms with Crippen molar-refractivity contribution in [2.75, 3.05) is 32.7 Å². The van der Waals surface area contributed by atoms with Crippen LogP contribution in [0.5, 0.6) is 0 Å². The van der Waals surface area contributed by atoms with Gasteiger partial charge in [0.15, 0.2) is 0 Å². The van der Waals surface area contributed by atoms with Crippen LogP contribution in [0.25, 0.3) is 0 Å². The smallest absolute Gasteiger partial charge is 0.0167 e. The molecule has 13 heavy (non-hydrogen) atoms. The molecule has 0 aromatic heterocycles. The maximum atomic E-state index is 3.34. The summed E-state index contributed by atoms with van der Waals surface area (Å²) in [7, 11) is 0. The van der Waals surface area contributed by atoms with Crippen LogP contribution >= 0.6 is 0 Å². The van der Waals surface area contributed by atoms with E-state index in [0.29, 0.717) is 0 Å². The van der Waals surface area contributed by atoms with E-state index in [2.05, 4.69) is 28.4 Å². The topological polar surface area (TPSA) is 15.3 Å². The second-order valence-electron chi connectivity index (χ2n) is 3.80. The molecule has 2 aliphatic rings. The molecular formula is C11H18N2. The van der Waals surface area contributed by atoms with Crippen LogP contribution in [0.15, 0.2) is 23.8 Å². The van der Waals surface area contributed by atoms with Crippen molar-refractivity contribution < 1.29 is 0 Å². The van der Waals surface area contributed by atoms with Crippen molar-refractivity contribution in [2.45, 2.75) is 12.8 Å². The Labute approximate surface area is 80.3 Å². The molecule has 0 radical (unpaired) electrons. The van der Waals surface area contributed by atoms with Crippen LogP contribution in [0.2, 0.25) is 0 Å². The molecule has 0 fully saturated rings. The zero-order valence-electron chi connectivity index (χ0n) is 8.13. The number of nitrogens with zero attached hydrogens (tertiary/aromatic N) is 1. The monoisotopic (exact) mass is 178 g/mol. The van der Waals surface area contributed by atoms with E-state index < -0.39 is 0 Å². The average molecular weight is 178 g/mol. The lowest BCUT2D eigenvalue weighted by Crippen LogP contribution is -2.24. The highest BCUT2D eigenvalue weighted by Crippen LogP contribution is 2.11. The number of nitrogens with one attached hydrogen (secondary N) is 1.